The monoisotopic (exact) mass is 500 g/mol. The number of benzene rings is 2. The molecule has 3 rings (SSSR count). The van der Waals surface area contributed by atoms with Gasteiger partial charge in [0.25, 0.3) is 5.69 Å². The minimum atomic E-state index is -4.06. The third-order valence-corrected chi connectivity index (χ3v) is 7.11. The number of sulfone groups is 1. The zero-order valence-electron chi connectivity index (χ0n) is 20.0. The third kappa shape index (κ3) is 5.86. The highest BCUT2D eigenvalue weighted by atomic mass is 32.2. The first kappa shape index (κ1) is 25.9. The first-order valence-electron chi connectivity index (χ1n) is 11.1. The third-order valence-electron chi connectivity index (χ3n) is 5.48. The number of carbonyl (C=O) groups excluding carboxylic acids is 2. The molecule has 1 N–H and O–H groups in total. The first-order valence-corrected chi connectivity index (χ1v) is 12.7. The maximum absolute atomic E-state index is 13.2. The predicted molar refractivity (Wildman–Crippen MR) is 133 cm³/mol. The van der Waals surface area contributed by atoms with Gasteiger partial charge in [-0.2, -0.15) is 0 Å². The summed E-state index contributed by atoms with van der Waals surface area (Å²) in [6.07, 6.45) is 1.40. The lowest BCUT2D eigenvalue weighted by Crippen LogP contribution is -2.43. The Balaban J connectivity index is 1.86. The Morgan fingerprint density at radius 1 is 1.03 bits per heavy atom. The van der Waals surface area contributed by atoms with E-state index in [9.17, 15) is 28.1 Å². The molecule has 186 valence electrons. The van der Waals surface area contributed by atoms with E-state index in [2.05, 4.69) is 5.32 Å². The minimum Gasteiger partial charge on any atom is -0.337 e. The van der Waals surface area contributed by atoms with E-state index < -0.39 is 26.4 Å². The fourth-order valence-corrected chi connectivity index (χ4v) is 5.47. The van der Waals surface area contributed by atoms with Crippen LogP contribution in [-0.2, 0) is 26.0 Å². The number of nitro benzene ring substituents is 1. The van der Waals surface area contributed by atoms with Gasteiger partial charge in [0, 0.05) is 47.0 Å². The predicted octanol–water partition coefficient (Wildman–Crippen LogP) is 3.61. The van der Waals surface area contributed by atoms with Crippen LogP contribution in [0.25, 0.3) is 10.9 Å². The molecular formula is C24H28N4O6S. The molecule has 0 aliphatic carbocycles. The van der Waals surface area contributed by atoms with Crippen molar-refractivity contribution >= 4 is 43.9 Å². The van der Waals surface area contributed by atoms with Crippen molar-refractivity contribution in [2.45, 2.75) is 51.2 Å². The van der Waals surface area contributed by atoms with Crippen molar-refractivity contribution in [3.63, 3.8) is 0 Å². The van der Waals surface area contributed by atoms with Crippen LogP contribution in [-0.4, -0.2) is 52.5 Å². The number of nitro groups is 1. The van der Waals surface area contributed by atoms with E-state index in [0.717, 1.165) is 0 Å². The molecule has 0 radical (unpaired) electrons. The highest BCUT2D eigenvalue weighted by molar-refractivity contribution is 7.92. The average Bonchev–Trinajstić information content (AvgIpc) is 3.12. The SMILES string of the molecule is CC(C)N(C(=O)Cn1cc(S(=O)(=O)CC(=O)Nc2ccc([N+](=O)[O-])cc2)c2ccccc21)C(C)C. The molecule has 0 aliphatic heterocycles. The number of para-hydroxylation sites is 1. The van der Waals surface area contributed by atoms with Crippen LogP contribution in [0.2, 0.25) is 0 Å². The molecule has 0 aliphatic rings. The van der Waals surface area contributed by atoms with Crippen molar-refractivity contribution in [2.75, 3.05) is 11.1 Å². The number of hydrogen-bond donors (Lipinski definition) is 1. The van der Waals surface area contributed by atoms with Gasteiger partial charge in [0.1, 0.15) is 12.3 Å². The summed E-state index contributed by atoms with van der Waals surface area (Å²) in [5.41, 5.74) is 0.667. The maximum atomic E-state index is 13.2. The van der Waals surface area contributed by atoms with Gasteiger partial charge in [-0.15, -0.1) is 0 Å². The number of hydrogen-bond acceptors (Lipinski definition) is 6. The van der Waals surface area contributed by atoms with E-state index in [0.29, 0.717) is 10.9 Å². The summed E-state index contributed by atoms with van der Waals surface area (Å²) in [6.45, 7) is 7.65. The van der Waals surface area contributed by atoms with E-state index >= 15 is 0 Å². The van der Waals surface area contributed by atoms with E-state index in [4.69, 9.17) is 0 Å². The van der Waals surface area contributed by atoms with Crippen LogP contribution >= 0.6 is 0 Å². The Hall–Kier alpha value is -3.73. The second kappa shape index (κ2) is 10.3. The molecule has 0 spiro atoms. The molecular weight excluding hydrogens is 472 g/mol. The second-order valence-electron chi connectivity index (χ2n) is 8.74. The Kier molecular flexibility index (Phi) is 7.59. The van der Waals surface area contributed by atoms with E-state index in [1.807, 2.05) is 27.7 Å². The fourth-order valence-electron chi connectivity index (χ4n) is 4.11. The molecule has 0 unspecified atom stereocenters. The number of amides is 2. The summed E-state index contributed by atoms with van der Waals surface area (Å²) < 4.78 is 28.0. The van der Waals surface area contributed by atoms with Crippen molar-refractivity contribution in [1.29, 1.82) is 0 Å². The van der Waals surface area contributed by atoms with Crippen molar-refractivity contribution < 1.29 is 22.9 Å². The van der Waals surface area contributed by atoms with Crippen molar-refractivity contribution in [3.8, 4) is 0 Å². The maximum Gasteiger partial charge on any atom is 0.269 e. The van der Waals surface area contributed by atoms with Crippen molar-refractivity contribution in [3.05, 3.63) is 64.8 Å². The van der Waals surface area contributed by atoms with Gasteiger partial charge < -0.3 is 14.8 Å². The quantitative estimate of drug-likeness (QED) is 0.353. The van der Waals surface area contributed by atoms with Crippen LogP contribution in [0, 0.1) is 10.1 Å². The smallest absolute Gasteiger partial charge is 0.269 e. The van der Waals surface area contributed by atoms with Crippen LogP contribution in [0.5, 0.6) is 0 Å². The summed E-state index contributed by atoms with van der Waals surface area (Å²) in [5.74, 6) is -1.75. The molecule has 0 atom stereocenters. The number of nitrogens with zero attached hydrogens (tertiary/aromatic N) is 3. The van der Waals surface area contributed by atoms with Gasteiger partial charge in [0.2, 0.25) is 11.8 Å². The highest BCUT2D eigenvalue weighted by Crippen LogP contribution is 2.27. The summed E-state index contributed by atoms with van der Waals surface area (Å²) >= 11 is 0. The normalized spacial score (nSPS) is 11.7. The Labute approximate surface area is 203 Å². The minimum absolute atomic E-state index is 0.0179. The van der Waals surface area contributed by atoms with Crippen LogP contribution in [0.4, 0.5) is 11.4 Å². The molecule has 1 heterocycles. The Morgan fingerprint density at radius 3 is 2.20 bits per heavy atom. The lowest BCUT2D eigenvalue weighted by atomic mass is 10.2. The molecule has 35 heavy (non-hydrogen) atoms. The van der Waals surface area contributed by atoms with E-state index in [-0.39, 0.29) is 40.8 Å². The number of nitrogens with one attached hydrogen (secondary N) is 1. The Bertz CT molecular complexity index is 1350. The van der Waals surface area contributed by atoms with Gasteiger partial charge >= 0.3 is 0 Å². The van der Waals surface area contributed by atoms with Crippen molar-refractivity contribution in [2.24, 2.45) is 0 Å². The second-order valence-corrected chi connectivity index (χ2v) is 10.7. The van der Waals surface area contributed by atoms with Gasteiger partial charge in [-0.1, -0.05) is 18.2 Å². The average molecular weight is 501 g/mol. The summed E-state index contributed by atoms with van der Waals surface area (Å²) in [4.78, 5) is 37.4. The largest absolute Gasteiger partial charge is 0.337 e. The van der Waals surface area contributed by atoms with Gasteiger partial charge in [-0.25, -0.2) is 8.42 Å². The molecule has 0 saturated heterocycles. The molecule has 2 aromatic carbocycles. The van der Waals surface area contributed by atoms with Crippen LogP contribution in [0.3, 0.4) is 0 Å². The zero-order valence-corrected chi connectivity index (χ0v) is 20.8. The van der Waals surface area contributed by atoms with E-state index in [1.54, 1.807) is 33.7 Å². The van der Waals surface area contributed by atoms with Crippen LogP contribution < -0.4 is 5.32 Å². The molecule has 0 saturated carbocycles. The number of aromatic nitrogens is 1. The lowest BCUT2D eigenvalue weighted by molar-refractivity contribution is -0.384. The molecule has 10 nitrogen and oxygen atoms in total. The van der Waals surface area contributed by atoms with Crippen molar-refractivity contribution in [1.82, 2.24) is 9.47 Å². The van der Waals surface area contributed by atoms with Gasteiger partial charge in [-0.3, -0.25) is 19.7 Å². The zero-order chi connectivity index (χ0) is 25.9. The number of carbonyl (C=O) groups is 2. The summed E-state index contributed by atoms with van der Waals surface area (Å²) in [6, 6.07) is 11.9. The first-order chi connectivity index (χ1) is 16.4. The molecule has 1 aromatic heterocycles. The lowest BCUT2D eigenvalue weighted by Gasteiger charge is -2.31. The topological polar surface area (TPSA) is 132 Å². The number of non-ortho nitro benzene ring substituents is 1. The van der Waals surface area contributed by atoms with Crippen LogP contribution in [0.1, 0.15) is 27.7 Å². The Morgan fingerprint density at radius 2 is 1.63 bits per heavy atom. The van der Waals surface area contributed by atoms with E-state index in [1.165, 1.54) is 30.5 Å². The fraction of sp³-hybridized carbons (Fsp3) is 0.333. The number of fused-ring (bicyclic) bond motifs is 1. The molecule has 0 fully saturated rings. The molecule has 11 heteroatoms. The van der Waals surface area contributed by atoms with Crippen LogP contribution in [0.15, 0.2) is 59.6 Å². The van der Waals surface area contributed by atoms with Gasteiger partial charge in [-0.05, 0) is 45.9 Å². The summed E-state index contributed by atoms with van der Waals surface area (Å²) in [5, 5.41) is 13.6. The number of anilines is 1. The molecule has 2 amide bonds. The standard InChI is InChI=1S/C24H28N4O6S/c1-16(2)27(17(3)4)24(30)14-26-13-22(20-7-5-6-8-21(20)26)35(33,34)15-23(29)25-18-9-11-19(12-10-18)28(31)32/h5-13,16-17H,14-15H2,1-4H3,(H,25,29). The van der Waals surface area contributed by atoms with Gasteiger partial charge in [0.15, 0.2) is 9.84 Å². The molecule has 3 aromatic rings. The highest BCUT2D eigenvalue weighted by Gasteiger charge is 2.26. The number of rotatable bonds is 9. The summed E-state index contributed by atoms with van der Waals surface area (Å²) in [7, 11) is -4.06. The van der Waals surface area contributed by atoms with Gasteiger partial charge in [0.05, 0.1) is 9.82 Å². The molecule has 0 bridgehead atoms.